The Labute approximate surface area is 182 Å². The Balaban J connectivity index is 1.39. The van der Waals surface area contributed by atoms with Crippen LogP contribution in [0.5, 0.6) is 0 Å². The summed E-state index contributed by atoms with van der Waals surface area (Å²) in [4.78, 5) is 50.0. The van der Waals surface area contributed by atoms with Gasteiger partial charge in [-0.2, -0.15) is 4.31 Å². The van der Waals surface area contributed by atoms with Crippen LogP contribution in [-0.2, 0) is 32.6 Å². The van der Waals surface area contributed by atoms with Crippen LogP contribution < -0.4 is 5.32 Å². The number of rotatable bonds is 6. The van der Waals surface area contributed by atoms with Crippen molar-refractivity contribution in [2.24, 2.45) is 0 Å². The second kappa shape index (κ2) is 8.77. The van der Waals surface area contributed by atoms with Crippen LogP contribution in [0.2, 0.25) is 0 Å². The van der Waals surface area contributed by atoms with E-state index in [1.165, 1.54) is 34.2 Å². The molecular weight excluding hydrogens is 444 g/mol. The minimum Gasteiger partial charge on any atom is -0.296 e. The van der Waals surface area contributed by atoms with Gasteiger partial charge in [-0.05, 0) is 6.42 Å². The van der Waals surface area contributed by atoms with E-state index in [9.17, 15) is 22.8 Å². The van der Waals surface area contributed by atoms with Crippen LogP contribution in [0.1, 0.15) is 40.3 Å². The molecule has 13 heteroatoms. The first-order chi connectivity index (χ1) is 14.8. The van der Waals surface area contributed by atoms with E-state index in [0.717, 1.165) is 15.5 Å². The zero-order valence-corrected chi connectivity index (χ0v) is 18.1. The summed E-state index contributed by atoms with van der Waals surface area (Å²) in [6, 6.07) is 0. The Morgan fingerprint density at radius 3 is 2.65 bits per heavy atom. The van der Waals surface area contributed by atoms with Crippen molar-refractivity contribution in [1.82, 2.24) is 24.2 Å². The van der Waals surface area contributed by atoms with Gasteiger partial charge >= 0.3 is 0 Å². The molecule has 1 fully saturated rings. The van der Waals surface area contributed by atoms with E-state index in [-0.39, 0.29) is 55.7 Å². The Hall–Kier alpha value is -2.77. The number of hydrogen-bond donors (Lipinski definition) is 1. The average molecular weight is 465 g/mol. The molecule has 0 spiro atoms. The number of hydrogen-bond acceptors (Lipinski definition) is 9. The molecular formula is C18H20N6O5S2. The predicted octanol–water partition coefficient (Wildman–Crippen LogP) is 0.412. The highest BCUT2D eigenvalue weighted by molar-refractivity contribution is 7.89. The third-order valence-electron chi connectivity index (χ3n) is 5.06. The van der Waals surface area contributed by atoms with Crippen LogP contribution in [0.3, 0.4) is 0 Å². The number of sulfonamides is 1. The van der Waals surface area contributed by atoms with Gasteiger partial charge in [0.1, 0.15) is 5.69 Å². The number of piperidine rings is 1. The van der Waals surface area contributed by atoms with Crippen molar-refractivity contribution >= 4 is 44.2 Å². The molecule has 2 aliphatic heterocycles. The summed E-state index contributed by atoms with van der Waals surface area (Å²) >= 11 is 1.21. The summed E-state index contributed by atoms with van der Waals surface area (Å²) in [6.07, 6.45) is 5.67. The first-order valence-electron chi connectivity index (χ1n) is 9.70. The quantitative estimate of drug-likeness (QED) is 0.606. The molecule has 0 unspecified atom stereocenters. The number of anilines is 1. The van der Waals surface area contributed by atoms with E-state index in [2.05, 4.69) is 20.3 Å². The molecule has 0 atom stereocenters. The second-order valence-corrected chi connectivity index (χ2v) is 10.3. The van der Waals surface area contributed by atoms with Crippen molar-refractivity contribution in [1.29, 1.82) is 0 Å². The molecule has 1 saturated heterocycles. The normalized spacial score (nSPS) is 17.5. The molecule has 0 radical (unpaired) electrons. The van der Waals surface area contributed by atoms with Crippen molar-refractivity contribution in [3.8, 4) is 0 Å². The third-order valence-corrected chi connectivity index (χ3v) is 7.86. The zero-order valence-electron chi connectivity index (χ0n) is 16.5. The average Bonchev–Trinajstić information content (AvgIpc) is 3.15. The highest BCUT2D eigenvalue weighted by Crippen LogP contribution is 2.30. The molecule has 4 heterocycles. The molecule has 1 N–H and O–H groups in total. The lowest BCUT2D eigenvalue weighted by atomic mass is 10.1. The summed E-state index contributed by atoms with van der Waals surface area (Å²) in [5.41, 5.74) is 0.897. The van der Waals surface area contributed by atoms with Crippen LogP contribution >= 0.6 is 11.3 Å². The molecule has 0 aliphatic carbocycles. The first kappa shape index (κ1) is 21.5. The topological polar surface area (TPSA) is 143 Å². The number of imide groups is 1. The predicted molar refractivity (Wildman–Crippen MR) is 111 cm³/mol. The van der Waals surface area contributed by atoms with Gasteiger partial charge in [-0.25, -0.2) is 18.4 Å². The number of nitrogens with one attached hydrogen (secondary N) is 1. The molecule has 164 valence electrons. The largest absolute Gasteiger partial charge is 0.296 e. The maximum absolute atomic E-state index is 12.8. The number of nitrogens with zero attached hydrogens (tertiary/aromatic N) is 5. The number of aromatic nitrogens is 3. The van der Waals surface area contributed by atoms with Crippen LogP contribution in [-0.4, -0.2) is 69.1 Å². The lowest BCUT2D eigenvalue weighted by Gasteiger charge is -2.28. The van der Waals surface area contributed by atoms with Crippen molar-refractivity contribution in [2.75, 3.05) is 24.2 Å². The van der Waals surface area contributed by atoms with Gasteiger partial charge in [0, 0.05) is 56.2 Å². The van der Waals surface area contributed by atoms with Gasteiger partial charge in [0.2, 0.25) is 21.8 Å². The standard InChI is InChI=1S/C18H20N6O5S2/c25-15-2-1-3-16(26)24(15)8-9-31(28,29)23-7-4-12-14(11-23)30-18(21-12)22-17(27)13-10-19-5-6-20-13/h5-6,10H,1-4,7-9,11H2,(H,21,22,27). The Morgan fingerprint density at radius 1 is 1.16 bits per heavy atom. The Bertz CT molecular complexity index is 1100. The maximum atomic E-state index is 12.8. The van der Waals surface area contributed by atoms with Crippen molar-refractivity contribution < 1.29 is 22.8 Å². The lowest BCUT2D eigenvalue weighted by Crippen LogP contribution is -2.45. The summed E-state index contributed by atoms with van der Waals surface area (Å²) in [6.45, 7) is 0.252. The van der Waals surface area contributed by atoms with Crippen LogP contribution in [0.15, 0.2) is 18.6 Å². The Kier molecular flexibility index (Phi) is 6.07. The van der Waals surface area contributed by atoms with E-state index in [4.69, 9.17) is 0 Å². The van der Waals surface area contributed by atoms with Gasteiger partial charge < -0.3 is 0 Å². The van der Waals surface area contributed by atoms with Crippen molar-refractivity contribution in [2.45, 2.75) is 32.2 Å². The fourth-order valence-electron chi connectivity index (χ4n) is 3.43. The molecule has 11 nitrogen and oxygen atoms in total. The molecule has 3 amide bonds. The van der Waals surface area contributed by atoms with Gasteiger partial charge in [0.15, 0.2) is 5.13 Å². The molecule has 4 rings (SSSR count). The maximum Gasteiger partial charge on any atom is 0.277 e. The van der Waals surface area contributed by atoms with Crippen molar-refractivity contribution in [3.63, 3.8) is 0 Å². The summed E-state index contributed by atoms with van der Waals surface area (Å²) in [7, 11) is -3.67. The molecule has 2 aromatic rings. The van der Waals surface area contributed by atoms with Gasteiger partial charge in [0.25, 0.3) is 5.91 Å². The Morgan fingerprint density at radius 2 is 1.94 bits per heavy atom. The van der Waals surface area contributed by atoms with Crippen LogP contribution in [0.4, 0.5) is 5.13 Å². The fourth-order valence-corrected chi connectivity index (χ4v) is 5.89. The van der Waals surface area contributed by atoms with E-state index in [1.54, 1.807) is 0 Å². The second-order valence-electron chi connectivity index (χ2n) is 7.13. The molecule has 0 bridgehead atoms. The van der Waals surface area contributed by atoms with Crippen molar-refractivity contribution in [3.05, 3.63) is 34.9 Å². The first-order valence-corrected chi connectivity index (χ1v) is 12.1. The van der Waals surface area contributed by atoms with Crippen LogP contribution in [0, 0.1) is 0 Å². The lowest BCUT2D eigenvalue weighted by molar-refractivity contribution is -0.147. The van der Waals surface area contributed by atoms with E-state index in [0.29, 0.717) is 18.0 Å². The fraction of sp³-hybridized carbons (Fsp3) is 0.444. The van der Waals surface area contributed by atoms with E-state index >= 15 is 0 Å². The molecule has 0 aromatic carbocycles. The molecule has 2 aromatic heterocycles. The van der Waals surface area contributed by atoms with Gasteiger partial charge in [-0.15, -0.1) is 11.3 Å². The van der Waals surface area contributed by atoms with Gasteiger partial charge in [-0.3, -0.25) is 29.6 Å². The van der Waals surface area contributed by atoms with E-state index < -0.39 is 15.9 Å². The number of carbonyl (C=O) groups is 3. The number of carbonyl (C=O) groups excluding carboxylic acids is 3. The minimum absolute atomic E-state index is 0.133. The minimum atomic E-state index is -3.67. The number of likely N-dealkylation sites (tertiary alicyclic amines) is 1. The summed E-state index contributed by atoms with van der Waals surface area (Å²) < 4.78 is 26.9. The van der Waals surface area contributed by atoms with E-state index in [1.807, 2.05) is 0 Å². The molecule has 31 heavy (non-hydrogen) atoms. The van der Waals surface area contributed by atoms with Crippen LogP contribution in [0.25, 0.3) is 0 Å². The number of amides is 3. The number of thiazole rings is 1. The molecule has 2 aliphatic rings. The summed E-state index contributed by atoms with van der Waals surface area (Å²) in [5.74, 6) is -1.40. The highest BCUT2D eigenvalue weighted by atomic mass is 32.2. The molecule has 0 saturated carbocycles. The van der Waals surface area contributed by atoms with Gasteiger partial charge in [0.05, 0.1) is 17.6 Å². The highest BCUT2D eigenvalue weighted by Gasteiger charge is 2.32. The van der Waals surface area contributed by atoms with Gasteiger partial charge in [-0.1, -0.05) is 0 Å². The SMILES string of the molecule is O=C(Nc1nc2c(s1)CN(S(=O)(=O)CCN1C(=O)CCCC1=O)CC2)c1cnccn1. The third kappa shape index (κ3) is 4.78. The smallest absolute Gasteiger partial charge is 0.277 e. The zero-order chi connectivity index (χ0) is 22.0. The monoisotopic (exact) mass is 464 g/mol. The summed E-state index contributed by atoms with van der Waals surface area (Å²) in [5, 5.41) is 3.03. The number of fused-ring (bicyclic) bond motifs is 1.